The number of thioether (sulfide) groups is 1. The van der Waals surface area contributed by atoms with E-state index < -0.39 is 0 Å². The molecule has 1 nitrogen and oxygen atoms in total. The molecule has 0 radical (unpaired) electrons. The van der Waals surface area contributed by atoms with Gasteiger partial charge in [0.2, 0.25) is 0 Å². The van der Waals surface area contributed by atoms with E-state index in [2.05, 4.69) is 68.1 Å². The van der Waals surface area contributed by atoms with Crippen LogP contribution in [0.25, 0.3) is 0 Å². The Hall–Kier alpha value is -0.730. The first-order valence-electron chi connectivity index (χ1n) is 6.65. The van der Waals surface area contributed by atoms with E-state index in [4.69, 9.17) is 4.74 Å². The molecule has 94 valence electrons. The smallest absolute Gasteiger partial charge is 0.0710 e. The van der Waals surface area contributed by atoms with Crippen LogP contribution in [0.5, 0.6) is 0 Å². The molecular formula is C16H18OS. The highest BCUT2D eigenvalue weighted by atomic mass is 32.2. The van der Waals surface area contributed by atoms with Gasteiger partial charge in [-0.15, -0.1) is 11.8 Å². The van der Waals surface area contributed by atoms with E-state index in [1.807, 2.05) is 0 Å². The van der Waals surface area contributed by atoms with Gasteiger partial charge in [-0.2, -0.15) is 0 Å². The third-order valence-corrected chi connectivity index (χ3v) is 6.90. The lowest BCUT2D eigenvalue weighted by atomic mass is 9.57. The summed E-state index contributed by atoms with van der Waals surface area (Å²) in [6.07, 6.45) is 4.82. The van der Waals surface area contributed by atoms with Crippen molar-refractivity contribution in [2.45, 2.75) is 23.3 Å². The molecule has 0 bridgehead atoms. The summed E-state index contributed by atoms with van der Waals surface area (Å²) >= 11 is 2.13. The molecule has 2 saturated heterocycles. The molecule has 0 N–H and O–H groups in total. The van der Waals surface area contributed by atoms with Crippen LogP contribution in [-0.2, 0) is 9.48 Å². The zero-order chi connectivity index (χ0) is 12.4. The Balaban J connectivity index is 1.90. The van der Waals surface area contributed by atoms with Crippen molar-refractivity contribution in [2.75, 3.05) is 13.2 Å². The maximum absolute atomic E-state index is 5.85. The second-order valence-corrected chi connectivity index (χ2v) is 8.15. The van der Waals surface area contributed by atoms with Crippen molar-refractivity contribution in [2.24, 2.45) is 11.3 Å². The van der Waals surface area contributed by atoms with Gasteiger partial charge in [-0.25, -0.2) is 0 Å². The third-order valence-electron chi connectivity index (χ3n) is 5.02. The van der Waals surface area contributed by atoms with E-state index in [1.54, 1.807) is 0 Å². The first-order valence-corrected chi connectivity index (χ1v) is 7.46. The maximum Gasteiger partial charge on any atom is 0.0710 e. The van der Waals surface area contributed by atoms with Crippen molar-refractivity contribution in [1.82, 2.24) is 0 Å². The number of rotatable bonds is 1. The van der Waals surface area contributed by atoms with Crippen molar-refractivity contribution in [3.63, 3.8) is 0 Å². The van der Waals surface area contributed by atoms with E-state index in [0.717, 1.165) is 13.2 Å². The normalized spacial score (nSPS) is 43.3. The maximum atomic E-state index is 5.85. The van der Waals surface area contributed by atoms with Crippen LogP contribution >= 0.6 is 11.8 Å². The van der Waals surface area contributed by atoms with Crippen LogP contribution in [-0.4, -0.2) is 18.0 Å². The van der Waals surface area contributed by atoms with Crippen molar-refractivity contribution >= 4 is 11.8 Å². The molecule has 2 fully saturated rings. The summed E-state index contributed by atoms with van der Waals surface area (Å²) in [7, 11) is 0. The van der Waals surface area contributed by atoms with Crippen LogP contribution in [0.15, 0.2) is 42.5 Å². The van der Waals surface area contributed by atoms with Crippen LogP contribution < -0.4 is 0 Å². The van der Waals surface area contributed by atoms with Gasteiger partial charge in [0.05, 0.1) is 18.0 Å². The fourth-order valence-corrected chi connectivity index (χ4v) is 6.22. The molecule has 0 aromatic heterocycles. The van der Waals surface area contributed by atoms with Crippen molar-refractivity contribution in [3.8, 4) is 0 Å². The lowest BCUT2D eigenvalue weighted by Crippen LogP contribution is -2.48. The summed E-state index contributed by atoms with van der Waals surface area (Å²) in [5, 5.41) is 0. The molecule has 2 heteroatoms. The zero-order valence-electron chi connectivity index (χ0n) is 10.8. The Labute approximate surface area is 113 Å². The Morgan fingerprint density at radius 1 is 1.17 bits per heavy atom. The highest BCUT2D eigenvalue weighted by Crippen LogP contribution is 2.75. The van der Waals surface area contributed by atoms with E-state index >= 15 is 0 Å². The third kappa shape index (κ3) is 1.06. The average Bonchev–Trinajstić information content (AvgIpc) is 2.87. The molecule has 1 spiro atoms. The van der Waals surface area contributed by atoms with Crippen LogP contribution in [0.3, 0.4) is 0 Å². The van der Waals surface area contributed by atoms with E-state index in [9.17, 15) is 0 Å². The topological polar surface area (TPSA) is 9.23 Å². The molecule has 1 aromatic rings. The molecule has 18 heavy (non-hydrogen) atoms. The van der Waals surface area contributed by atoms with Gasteiger partial charge in [0, 0.05) is 16.1 Å². The first kappa shape index (κ1) is 11.1. The number of hydrogen-bond donors (Lipinski definition) is 0. The molecule has 2 aliphatic heterocycles. The van der Waals surface area contributed by atoms with Crippen LogP contribution in [0.1, 0.15) is 19.4 Å². The fourth-order valence-electron chi connectivity index (χ4n) is 4.12. The molecule has 2 heterocycles. The Kier molecular flexibility index (Phi) is 2.00. The largest absolute Gasteiger partial charge is 0.380 e. The van der Waals surface area contributed by atoms with E-state index in [1.165, 1.54) is 5.56 Å². The van der Waals surface area contributed by atoms with Crippen molar-refractivity contribution in [1.29, 1.82) is 0 Å². The van der Waals surface area contributed by atoms with E-state index in [-0.39, 0.29) is 14.9 Å². The summed E-state index contributed by atoms with van der Waals surface area (Å²) in [6, 6.07) is 11.0. The van der Waals surface area contributed by atoms with Gasteiger partial charge >= 0.3 is 0 Å². The predicted molar refractivity (Wildman–Crippen MR) is 75.7 cm³/mol. The van der Waals surface area contributed by atoms with E-state index in [0.29, 0.717) is 5.92 Å². The summed E-state index contributed by atoms with van der Waals surface area (Å²) in [5.74, 6) is 0.639. The molecule has 3 atom stereocenters. The Morgan fingerprint density at radius 2 is 1.94 bits per heavy atom. The van der Waals surface area contributed by atoms with Crippen molar-refractivity contribution in [3.05, 3.63) is 48.0 Å². The van der Waals surface area contributed by atoms with Gasteiger partial charge in [0.25, 0.3) is 0 Å². The molecule has 1 aromatic carbocycles. The first-order chi connectivity index (χ1) is 8.61. The van der Waals surface area contributed by atoms with Gasteiger partial charge in [-0.3, -0.25) is 0 Å². The standard InChI is InChI=1S/C16H18OS/c1-14(2)13-10-17-11-15(13)8-9-16(15,18-14)12-6-4-3-5-7-12/h3-9,13H,10-11H2,1-2H3/t13-,15?,16-/m1/s1. The minimum Gasteiger partial charge on any atom is -0.380 e. The van der Waals surface area contributed by atoms with Gasteiger partial charge in [0.15, 0.2) is 0 Å². The molecule has 3 aliphatic rings. The van der Waals surface area contributed by atoms with Crippen molar-refractivity contribution < 1.29 is 4.74 Å². The van der Waals surface area contributed by atoms with Gasteiger partial charge in [0.1, 0.15) is 0 Å². The lowest BCUT2D eigenvalue weighted by Gasteiger charge is -2.48. The summed E-state index contributed by atoms with van der Waals surface area (Å²) in [4.78, 5) is 0. The predicted octanol–water partition coefficient (Wildman–Crippen LogP) is 3.61. The highest BCUT2D eigenvalue weighted by Gasteiger charge is 2.71. The molecule has 1 aliphatic carbocycles. The zero-order valence-corrected chi connectivity index (χ0v) is 11.7. The Morgan fingerprint density at radius 3 is 2.61 bits per heavy atom. The fraction of sp³-hybridized carbons (Fsp3) is 0.500. The second kappa shape index (κ2) is 3.23. The summed E-state index contributed by atoms with van der Waals surface area (Å²) < 4.78 is 6.29. The van der Waals surface area contributed by atoms with Gasteiger partial charge in [-0.05, 0) is 5.56 Å². The quantitative estimate of drug-likeness (QED) is 0.712. The number of hydrogen-bond acceptors (Lipinski definition) is 2. The van der Waals surface area contributed by atoms with Crippen LogP contribution in [0, 0.1) is 11.3 Å². The molecular weight excluding hydrogens is 240 g/mol. The van der Waals surface area contributed by atoms with Gasteiger partial charge in [-0.1, -0.05) is 56.3 Å². The molecule has 0 saturated carbocycles. The van der Waals surface area contributed by atoms with Gasteiger partial charge < -0.3 is 4.74 Å². The second-order valence-electron chi connectivity index (χ2n) is 6.25. The number of ether oxygens (including phenoxy) is 1. The highest BCUT2D eigenvalue weighted by molar-refractivity contribution is 8.02. The Bertz CT molecular complexity index is 521. The minimum absolute atomic E-state index is 0.152. The monoisotopic (exact) mass is 258 g/mol. The molecule has 1 unspecified atom stereocenters. The number of benzene rings is 1. The summed E-state index contributed by atoms with van der Waals surface area (Å²) in [6.45, 7) is 6.56. The van der Waals surface area contributed by atoms with Crippen LogP contribution in [0.2, 0.25) is 0 Å². The average molecular weight is 258 g/mol. The minimum atomic E-state index is 0.152. The van der Waals surface area contributed by atoms with Crippen LogP contribution in [0.4, 0.5) is 0 Å². The lowest BCUT2D eigenvalue weighted by molar-refractivity contribution is 0.150. The SMILES string of the molecule is CC1(C)S[C@@]2(c3ccccc3)C=CC23COC[C@H]13. The molecule has 0 amide bonds. The summed E-state index contributed by atoms with van der Waals surface area (Å²) in [5.41, 5.74) is 1.68. The molecule has 4 rings (SSSR count).